The van der Waals surface area contributed by atoms with Crippen molar-refractivity contribution in [1.29, 1.82) is 0 Å². The van der Waals surface area contributed by atoms with Gasteiger partial charge in [0.1, 0.15) is 0 Å². The largest absolute Gasteiger partial charge is 0.478 e. The van der Waals surface area contributed by atoms with E-state index in [1.807, 2.05) is 19.1 Å². The van der Waals surface area contributed by atoms with Gasteiger partial charge >= 0.3 is 11.9 Å². The Labute approximate surface area is 297 Å². The molecule has 9 nitrogen and oxygen atoms in total. The molecule has 2 aliphatic heterocycles. The first-order valence-corrected chi connectivity index (χ1v) is 17.8. The monoisotopic (exact) mass is 684 g/mol. The lowest BCUT2D eigenvalue weighted by molar-refractivity contribution is -0.140. The predicted molar refractivity (Wildman–Crippen MR) is 200 cm³/mol. The van der Waals surface area contributed by atoms with E-state index in [9.17, 15) is 19.5 Å². The molecule has 1 aromatic carbocycles. The summed E-state index contributed by atoms with van der Waals surface area (Å²) in [6.07, 6.45) is 1.72. The van der Waals surface area contributed by atoms with Crippen LogP contribution in [0.4, 0.5) is 0 Å². The number of rotatable bonds is 7. The van der Waals surface area contributed by atoms with Gasteiger partial charge in [-0.3, -0.25) is 14.6 Å². The lowest BCUT2D eigenvalue weighted by Gasteiger charge is -2.18. The second kappa shape index (κ2) is 12.8. The van der Waals surface area contributed by atoms with Crippen molar-refractivity contribution in [2.45, 2.75) is 91.9 Å². The summed E-state index contributed by atoms with van der Waals surface area (Å²) in [5, 5.41) is 9.73. The molecular formula is C42H44N4O5. The summed E-state index contributed by atoms with van der Waals surface area (Å²) in [6, 6.07) is 11.1. The molecule has 0 amide bonds. The Bertz CT molecular complexity index is 2360. The number of hydrogen-bond donors (Lipinski definition) is 3. The van der Waals surface area contributed by atoms with Gasteiger partial charge in [-0.05, 0) is 97.2 Å². The molecule has 3 aromatic heterocycles. The molecule has 51 heavy (non-hydrogen) atoms. The van der Waals surface area contributed by atoms with Crippen LogP contribution in [0, 0.1) is 13.8 Å². The van der Waals surface area contributed by atoms with Gasteiger partial charge in [0.15, 0.2) is 5.78 Å². The highest BCUT2D eigenvalue weighted by Crippen LogP contribution is 2.48. The number of benzene rings is 1. The number of aryl methyl sites for hydroxylation is 2. The Balaban J connectivity index is 1.69. The van der Waals surface area contributed by atoms with Crippen LogP contribution in [0.2, 0.25) is 0 Å². The first-order chi connectivity index (χ1) is 24.3. The summed E-state index contributed by atoms with van der Waals surface area (Å²) in [5.41, 5.74) is 15.7. The quantitative estimate of drug-likeness (QED) is 0.165. The molecule has 2 atom stereocenters. The van der Waals surface area contributed by atoms with E-state index in [2.05, 4.69) is 63.6 Å². The van der Waals surface area contributed by atoms with E-state index in [1.54, 1.807) is 12.1 Å². The Kier molecular flexibility index (Phi) is 8.56. The third kappa shape index (κ3) is 5.50. The van der Waals surface area contributed by atoms with E-state index in [-0.39, 0.29) is 47.9 Å². The smallest absolute Gasteiger partial charge is 0.335 e. The number of methoxy groups -OCH3 is 1. The van der Waals surface area contributed by atoms with E-state index in [1.165, 1.54) is 12.7 Å². The number of aromatic nitrogens is 4. The molecule has 5 heterocycles. The number of esters is 1. The Morgan fingerprint density at radius 1 is 0.941 bits per heavy atom. The molecule has 262 valence electrons. The zero-order chi connectivity index (χ0) is 36.5. The molecule has 3 aliphatic rings. The number of aromatic amines is 2. The first-order valence-electron chi connectivity index (χ1n) is 17.8. The second-order valence-electron chi connectivity index (χ2n) is 14.4. The van der Waals surface area contributed by atoms with Crippen molar-refractivity contribution in [2.75, 3.05) is 7.11 Å². The average Bonchev–Trinajstić information content (AvgIpc) is 3.86. The Morgan fingerprint density at radius 3 is 2.27 bits per heavy atom. The molecular weight excluding hydrogens is 640 g/mol. The van der Waals surface area contributed by atoms with Gasteiger partial charge in [-0.1, -0.05) is 39.8 Å². The van der Waals surface area contributed by atoms with Crippen LogP contribution in [-0.2, 0) is 16.0 Å². The van der Waals surface area contributed by atoms with Gasteiger partial charge in [-0.25, -0.2) is 9.78 Å². The number of ketones is 1. The molecule has 1 aliphatic carbocycles. The summed E-state index contributed by atoms with van der Waals surface area (Å²) in [5.74, 6) is -1.39. The minimum atomic E-state index is -0.996. The molecule has 4 aromatic rings. The number of H-pyrrole nitrogens is 2. The lowest BCUT2D eigenvalue weighted by Crippen LogP contribution is -2.09. The van der Waals surface area contributed by atoms with E-state index >= 15 is 0 Å². The third-order valence-electron chi connectivity index (χ3n) is 11.2. The molecule has 0 saturated heterocycles. The molecule has 0 radical (unpaired) electrons. The van der Waals surface area contributed by atoms with Crippen LogP contribution in [0.25, 0.3) is 44.3 Å². The highest BCUT2D eigenvalue weighted by Gasteiger charge is 2.37. The number of carbonyl (C=O) groups is 3. The number of ether oxygens (including phenoxy) is 1. The SMILES string of the molecule is CCC1=C(C)c2cc3[nH]c(c(C)c3C(C)C)c(-c3ccc(C(=O)O)cc3)c3nc(c4c5[nH]c(cc1n2)c(C)c5C(=O)C4)[C@@H](CCC(=O)OC)[C@@H]3C. The van der Waals surface area contributed by atoms with Gasteiger partial charge in [-0.2, -0.15) is 0 Å². The number of aromatic carboxylic acids is 1. The van der Waals surface area contributed by atoms with Crippen LogP contribution < -0.4 is 0 Å². The number of hydrogen-bond acceptors (Lipinski definition) is 6. The number of Topliss-reactive ketones (excluding diaryl/α,β-unsaturated/α-hetero) is 1. The fourth-order valence-electron chi connectivity index (χ4n) is 8.51. The highest BCUT2D eigenvalue weighted by molar-refractivity contribution is 6.13. The van der Waals surface area contributed by atoms with Crippen LogP contribution in [0.3, 0.4) is 0 Å². The summed E-state index contributed by atoms with van der Waals surface area (Å²) >= 11 is 0. The van der Waals surface area contributed by atoms with Gasteiger partial charge < -0.3 is 19.8 Å². The van der Waals surface area contributed by atoms with E-state index < -0.39 is 5.97 Å². The third-order valence-corrected chi connectivity index (χ3v) is 11.2. The second-order valence-corrected chi connectivity index (χ2v) is 14.4. The number of nitrogens with one attached hydrogen (secondary N) is 2. The van der Waals surface area contributed by atoms with E-state index in [4.69, 9.17) is 14.7 Å². The first kappa shape index (κ1) is 34.2. The molecule has 3 N–H and O–H groups in total. The van der Waals surface area contributed by atoms with Crippen molar-refractivity contribution in [1.82, 2.24) is 19.9 Å². The standard InChI is InChI=1S/C42H44N4O5/c1-9-26-20(4)29-18-32-35(19(2)3)23(7)39(45-32)37(24-10-12-25(13-11-24)42(49)50)38-21(5)27(14-15-34(48)51-8)40(46-38)28-16-33(47)36-22(6)30(44-41(28)36)17-31(26)43-29/h10-13,17-19,21,27,44-45H,9,14-16H2,1-8H3,(H,49,50)/t21-,27-/m0/s1. The summed E-state index contributed by atoms with van der Waals surface area (Å²) in [6.45, 7) is 14.9. The fourth-order valence-corrected chi connectivity index (χ4v) is 8.51. The summed E-state index contributed by atoms with van der Waals surface area (Å²) in [4.78, 5) is 56.2. The molecule has 7 rings (SSSR count). The summed E-state index contributed by atoms with van der Waals surface area (Å²) < 4.78 is 5.06. The van der Waals surface area contributed by atoms with Gasteiger partial charge in [0.05, 0.1) is 46.5 Å². The zero-order valence-corrected chi connectivity index (χ0v) is 30.5. The van der Waals surface area contributed by atoms with Gasteiger partial charge in [0.25, 0.3) is 0 Å². The fraction of sp³-hybridized carbons (Fsp3) is 0.357. The van der Waals surface area contributed by atoms with Crippen molar-refractivity contribution in [3.8, 4) is 11.1 Å². The van der Waals surface area contributed by atoms with Crippen LogP contribution in [-0.4, -0.2) is 49.9 Å². The molecule has 8 bridgehead atoms. The van der Waals surface area contributed by atoms with Gasteiger partial charge in [0, 0.05) is 52.4 Å². The maximum atomic E-state index is 13.8. The minimum absolute atomic E-state index is 0.0429. The number of allylic oxidation sites excluding steroid dienone is 2. The molecule has 0 saturated carbocycles. The van der Waals surface area contributed by atoms with Crippen LogP contribution >= 0.6 is 0 Å². The average molecular weight is 685 g/mol. The Morgan fingerprint density at radius 2 is 1.63 bits per heavy atom. The zero-order valence-electron chi connectivity index (χ0n) is 30.5. The Hall–Kier alpha value is -5.31. The number of carbonyl (C=O) groups excluding carboxylic acids is 2. The number of nitrogens with zero attached hydrogens (tertiary/aromatic N) is 2. The van der Waals surface area contributed by atoms with Gasteiger partial charge in [-0.15, -0.1) is 0 Å². The van der Waals surface area contributed by atoms with Gasteiger partial charge in [0.2, 0.25) is 0 Å². The van der Waals surface area contributed by atoms with E-state index in [0.717, 1.165) is 90.2 Å². The van der Waals surface area contributed by atoms with Crippen molar-refractivity contribution in [3.63, 3.8) is 0 Å². The maximum Gasteiger partial charge on any atom is 0.335 e. The maximum absolute atomic E-state index is 13.8. The van der Waals surface area contributed by atoms with Crippen LogP contribution in [0.5, 0.6) is 0 Å². The van der Waals surface area contributed by atoms with Crippen LogP contribution in [0.1, 0.15) is 137 Å². The highest BCUT2D eigenvalue weighted by atomic mass is 16.5. The van der Waals surface area contributed by atoms with Crippen molar-refractivity contribution >= 4 is 50.9 Å². The lowest BCUT2D eigenvalue weighted by atomic mass is 9.83. The van der Waals surface area contributed by atoms with Crippen molar-refractivity contribution in [3.05, 3.63) is 92.6 Å². The molecule has 0 unspecified atom stereocenters. The van der Waals surface area contributed by atoms with E-state index in [0.29, 0.717) is 12.0 Å². The molecule has 0 fully saturated rings. The number of carboxylic acids is 1. The normalized spacial score (nSPS) is 16.8. The summed E-state index contributed by atoms with van der Waals surface area (Å²) in [7, 11) is 1.40. The van der Waals surface area contributed by atoms with Crippen molar-refractivity contribution in [2.24, 2.45) is 0 Å². The predicted octanol–water partition coefficient (Wildman–Crippen LogP) is 9.34. The van der Waals surface area contributed by atoms with Crippen molar-refractivity contribution < 1.29 is 24.2 Å². The molecule has 0 spiro atoms. The topological polar surface area (TPSA) is 138 Å². The van der Waals surface area contributed by atoms with Crippen LogP contribution in [0.15, 0.2) is 36.4 Å². The number of fused-ring (bicyclic) bond motifs is 8. The molecule has 9 heteroatoms. The number of carboxylic acid groups (broad SMARTS) is 1. The minimum Gasteiger partial charge on any atom is -0.478 e.